The topological polar surface area (TPSA) is 41.5 Å². The smallest absolute Gasteiger partial charge is 0.119 e. The van der Waals surface area contributed by atoms with E-state index in [1.807, 2.05) is 24.3 Å². The van der Waals surface area contributed by atoms with Crippen molar-refractivity contribution in [1.29, 1.82) is 0 Å². The van der Waals surface area contributed by atoms with Crippen molar-refractivity contribution in [2.24, 2.45) is 11.3 Å². The fourth-order valence-corrected chi connectivity index (χ4v) is 3.01. The van der Waals surface area contributed by atoms with Crippen LogP contribution in [0, 0.1) is 11.3 Å². The third kappa shape index (κ3) is 2.93. The number of methoxy groups -OCH3 is 1. The van der Waals surface area contributed by atoms with Gasteiger partial charge in [0.1, 0.15) is 5.75 Å². The van der Waals surface area contributed by atoms with Crippen LogP contribution in [0.2, 0.25) is 0 Å². The number of ether oxygens (including phenoxy) is 1. The molecule has 2 saturated carbocycles. The maximum absolute atomic E-state index is 10.2. The SMILES string of the molecule is COc1cccc(C(O)CNCC2(C3CC3)CC2)c1. The van der Waals surface area contributed by atoms with E-state index < -0.39 is 6.10 Å². The predicted octanol–water partition coefficient (Wildman–Crippen LogP) is 2.51. The summed E-state index contributed by atoms with van der Waals surface area (Å²) in [7, 11) is 1.65. The third-order valence-corrected chi connectivity index (χ3v) is 4.63. The molecule has 1 aromatic carbocycles. The first-order valence-electron chi connectivity index (χ1n) is 7.26. The standard InChI is InChI=1S/C16H23NO2/c1-19-14-4-2-3-12(9-14)15(18)10-17-11-16(7-8-16)13-5-6-13/h2-4,9,13,15,17-18H,5-8,10-11H2,1H3. The molecule has 1 atom stereocenters. The van der Waals surface area contributed by atoms with Gasteiger partial charge in [-0.05, 0) is 54.7 Å². The molecule has 0 spiro atoms. The number of hydrogen-bond donors (Lipinski definition) is 2. The van der Waals surface area contributed by atoms with E-state index in [4.69, 9.17) is 4.74 Å². The second kappa shape index (κ2) is 5.14. The van der Waals surface area contributed by atoms with Gasteiger partial charge in [0.15, 0.2) is 0 Å². The lowest BCUT2D eigenvalue weighted by atomic mass is 10.0. The molecule has 3 rings (SSSR count). The van der Waals surface area contributed by atoms with E-state index in [1.54, 1.807) is 7.11 Å². The average molecular weight is 261 g/mol. The maximum atomic E-state index is 10.2. The van der Waals surface area contributed by atoms with Gasteiger partial charge in [0.2, 0.25) is 0 Å². The summed E-state index contributed by atoms with van der Waals surface area (Å²) in [4.78, 5) is 0. The molecule has 2 aliphatic carbocycles. The zero-order valence-electron chi connectivity index (χ0n) is 11.6. The van der Waals surface area contributed by atoms with Crippen molar-refractivity contribution in [2.45, 2.75) is 31.8 Å². The lowest BCUT2D eigenvalue weighted by Crippen LogP contribution is -2.29. The molecule has 2 fully saturated rings. The second-order valence-electron chi connectivity index (χ2n) is 6.06. The van der Waals surface area contributed by atoms with E-state index >= 15 is 0 Å². The number of rotatable bonds is 7. The highest BCUT2D eigenvalue weighted by molar-refractivity contribution is 5.29. The molecular weight excluding hydrogens is 238 g/mol. The van der Waals surface area contributed by atoms with Gasteiger partial charge in [0.25, 0.3) is 0 Å². The summed E-state index contributed by atoms with van der Waals surface area (Å²) in [6.07, 6.45) is 5.13. The summed E-state index contributed by atoms with van der Waals surface area (Å²) in [5.74, 6) is 1.77. The Labute approximate surface area is 115 Å². The Morgan fingerprint density at radius 3 is 2.84 bits per heavy atom. The highest BCUT2D eigenvalue weighted by Gasteiger charge is 2.53. The minimum Gasteiger partial charge on any atom is -0.497 e. The minimum atomic E-state index is -0.454. The van der Waals surface area contributed by atoms with Gasteiger partial charge in [0, 0.05) is 13.1 Å². The van der Waals surface area contributed by atoms with E-state index in [2.05, 4.69) is 5.32 Å². The van der Waals surface area contributed by atoms with Crippen molar-refractivity contribution < 1.29 is 9.84 Å². The zero-order valence-corrected chi connectivity index (χ0v) is 11.6. The van der Waals surface area contributed by atoms with Crippen LogP contribution in [0.25, 0.3) is 0 Å². The van der Waals surface area contributed by atoms with Crippen molar-refractivity contribution in [3.63, 3.8) is 0 Å². The molecule has 1 unspecified atom stereocenters. The van der Waals surface area contributed by atoms with Crippen LogP contribution in [0.3, 0.4) is 0 Å². The van der Waals surface area contributed by atoms with Gasteiger partial charge in [-0.3, -0.25) is 0 Å². The van der Waals surface area contributed by atoms with E-state index in [9.17, 15) is 5.11 Å². The molecule has 2 aliphatic rings. The number of benzene rings is 1. The summed E-state index contributed by atoms with van der Waals surface area (Å²) in [5.41, 5.74) is 1.51. The number of hydrogen-bond acceptors (Lipinski definition) is 3. The molecule has 0 saturated heterocycles. The highest BCUT2D eigenvalue weighted by Crippen LogP contribution is 2.60. The highest BCUT2D eigenvalue weighted by atomic mass is 16.5. The molecule has 1 aromatic rings. The zero-order chi connectivity index (χ0) is 13.3. The molecule has 19 heavy (non-hydrogen) atoms. The Morgan fingerprint density at radius 1 is 1.42 bits per heavy atom. The van der Waals surface area contributed by atoms with Crippen LogP contribution in [0.15, 0.2) is 24.3 Å². The van der Waals surface area contributed by atoms with Crippen molar-refractivity contribution in [1.82, 2.24) is 5.32 Å². The summed E-state index contributed by atoms with van der Waals surface area (Å²) in [5, 5.41) is 13.6. The van der Waals surface area contributed by atoms with Crippen LogP contribution in [-0.4, -0.2) is 25.3 Å². The Hall–Kier alpha value is -1.06. The lowest BCUT2D eigenvalue weighted by molar-refractivity contribution is 0.170. The van der Waals surface area contributed by atoms with Crippen molar-refractivity contribution >= 4 is 0 Å². The molecule has 0 aliphatic heterocycles. The van der Waals surface area contributed by atoms with Crippen LogP contribution < -0.4 is 10.1 Å². The van der Waals surface area contributed by atoms with Crippen LogP contribution in [0.4, 0.5) is 0 Å². The fourth-order valence-electron chi connectivity index (χ4n) is 3.01. The van der Waals surface area contributed by atoms with Crippen LogP contribution in [0.1, 0.15) is 37.4 Å². The first-order chi connectivity index (χ1) is 9.23. The van der Waals surface area contributed by atoms with E-state index in [1.165, 1.54) is 25.7 Å². The molecule has 104 valence electrons. The van der Waals surface area contributed by atoms with E-state index in [0.717, 1.165) is 23.8 Å². The molecule has 2 N–H and O–H groups in total. The van der Waals surface area contributed by atoms with Gasteiger partial charge < -0.3 is 15.2 Å². The molecule has 3 nitrogen and oxygen atoms in total. The quantitative estimate of drug-likeness (QED) is 0.792. The molecular formula is C16H23NO2. The Morgan fingerprint density at radius 2 is 2.21 bits per heavy atom. The monoisotopic (exact) mass is 261 g/mol. The van der Waals surface area contributed by atoms with Gasteiger partial charge in [-0.1, -0.05) is 12.1 Å². The van der Waals surface area contributed by atoms with Crippen LogP contribution >= 0.6 is 0 Å². The molecule has 0 aromatic heterocycles. The number of nitrogens with one attached hydrogen (secondary N) is 1. The molecule has 0 bridgehead atoms. The van der Waals surface area contributed by atoms with Crippen molar-refractivity contribution in [2.75, 3.05) is 20.2 Å². The van der Waals surface area contributed by atoms with Gasteiger partial charge in [-0.25, -0.2) is 0 Å². The fraction of sp³-hybridized carbons (Fsp3) is 0.625. The van der Waals surface area contributed by atoms with E-state index in [-0.39, 0.29) is 0 Å². The third-order valence-electron chi connectivity index (χ3n) is 4.63. The summed E-state index contributed by atoms with van der Waals surface area (Å²) < 4.78 is 5.18. The van der Waals surface area contributed by atoms with Gasteiger partial charge >= 0.3 is 0 Å². The number of aliphatic hydroxyl groups excluding tert-OH is 1. The minimum absolute atomic E-state index is 0.454. The summed E-state index contributed by atoms with van der Waals surface area (Å²) in [6.45, 7) is 1.69. The largest absolute Gasteiger partial charge is 0.497 e. The van der Waals surface area contributed by atoms with Gasteiger partial charge in [0.05, 0.1) is 13.2 Å². The molecule has 0 heterocycles. The van der Waals surface area contributed by atoms with Crippen LogP contribution in [-0.2, 0) is 0 Å². The summed E-state index contributed by atoms with van der Waals surface area (Å²) in [6, 6.07) is 7.67. The summed E-state index contributed by atoms with van der Waals surface area (Å²) >= 11 is 0. The lowest BCUT2D eigenvalue weighted by Gasteiger charge is -2.18. The Balaban J connectivity index is 1.49. The Bertz CT molecular complexity index is 438. The van der Waals surface area contributed by atoms with Crippen LogP contribution in [0.5, 0.6) is 5.75 Å². The molecule has 0 amide bonds. The van der Waals surface area contributed by atoms with Crippen molar-refractivity contribution in [3.8, 4) is 5.75 Å². The second-order valence-corrected chi connectivity index (χ2v) is 6.06. The van der Waals surface area contributed by atoms with E-state index in [0.29, 0.717) is 12.0 Å². The first kappa shape index (κ1) is 12.9. The predicted molar refractivity (Wildman–Crippen MR) is 75.2 cm³/mol. The molecule has 0 radical (unpaired) electrons. The normalized spacial score (nSPS) is 22.0. The van der Waals surface area contributed by atoms with Gasteiger partial charge in [-0.15, -0.1) is 0 Å². The number of aliphatic hydroxyl groups is 1. The average Bonchev–Trinajstić information content (AvgIpc) is 3.30. The molecule has 3 heteroatoms. The van der Waals surface area contributed by atoms with Crippen molar-refractivity contribution in [3.05, 3.63) is 29.8 Å². The first-order valence-corrected chi connectivity index (χ1v) is 7.26. The maximum Gasteiger partial charge on any atom is 0.119 e. The Kier molecular flexibility index (Phi) is 3.50. The van der Waals surface area contributed by atoms with Gasteiger partial charge in [-0.2, -0.15) is 0 Å².